The number of ketones is 1. The Morgan fingerprint density at radius 2 is 1.16 bits per heavy atom. The Hall–Kier alpha value is -4.58. The van der Waals surface area contributed by atoms with Gasteiger partial charge in [-0.2, -0.15) is 0 Å². The first-order chi connectivity index (χ1) is 32.9. The van der Waals surface area contributed by atoms with Crippen molar-refractivity contribution in [1.29, 1.82) is 0 Å². The van der Waals surface area contributed by atoms with Crippen molar-refractivity contribution in [2.45, 2.75) is 163 Å². The zero-order chi connectivity index (χ0) is 50.0. The van der Waals surface area contributed by atoms with Gasteiger partial charge in [-0.05, 0) is 120 Å². The van der Waals surface area contributed by atoms with E-state index in [1.54, 1.807) is 6.92 Å². The third-order valence-electron chi connectivity index (χ3n) is 13.5. The number of nitrogens with zero attached hydrogens (tertiary/aromatic N) is 2. The standard InChI is InChI=1S/2C23H24N.C14H24F2O2.Ir/c2*1-16-12-17(2)14-21(13-16)23-22-9-8-19(15-20(22)10-11-24-23)18-6-4-3-5-7-18;1-5-10(6-2)12(17)8-13(18)11(7-3)9-14(4,15)16;/h2*8-13,15,18H,3-7H2,1-2H3;8,10-11,18H,5-7,9H2,1-4H3;/q2*-1;;/b;;13-8-;/i10D,11D;11D;;. The second kappa shape index (κ2) is 25.1. The van der Waals surface area contributed by atoms with Gasteiger partial charge in [-0.1, -0.05) is 123 Å². The number of hydrogen-bond acceptors (Lipinski definition) is 4. The van der Waals surface area contributed by atoms with Crippen molar-refractivity contribution in [3.63, 3.8) is 0 Å². The Bertz CT molecular complexity index is 2710. The molecule has 2 aromatic heterocycles. The maximum absolute atomic E-state index is 12.9. The molecule has 2 saturated carbocycles. The second-order valence-electron chi connectivity index (χ2n) is 19.1. The van der Waals surface area contributed by atoms with Gasteiger partial charge in [-0.15, -0.1) is 69.8 Å². The van der Waals surface area contributed by atoms with Crippen LogP contribution in [0.1, 0.15) is 167 Å². The van der Waals surface area contributed by atoms with Crippen LogP contribution >= 0.6 is 0 Å². The van der Waals surface area contributed by atoms with Crippen molar-refractivity contribution in [2.24, 2.45) is 11.8 Å². The van der Waals surface area contributed by atoms with Gasteiger partial charge in [0.05, 0.1) is 9.87 Å². The molecular weight excluding hydrogens is 1010 g/mol. The van der Waals surface area contributed by atoms with Gasteiger partial charge >= 0.3 is 0 Å². The topological polar surface area (TPSA) is 63.1 Å². The molecule has 0 bridgehead atoms. The predicted molar refractivity (Wildman–Crippen MR) is 271 cm³/mol. The maximum Gasteiger partial charge on any atom is 0.246 e. The van der Waals surface area contributed by atoms with Gasteiger partial charge < -0.3 is 15.1 Å². The number of aliphatic hydroxyl groups excluding tert-OH is 1. The Morgan fingerprint density at radius 1 is 0.701 bits per heavy atom. The summed E-state index contributed by atoms with van der Waals surface area (Å²) in [5, 5.41) is 13.8. The van der Waals surface area contributed by atoms with E-state index in [1.165, 1.54) is 80.9 Å². The van der Waals surface area contributed by atoms with E-state index in [-0.39, 0.29) is 49.8 Å². The molecule has 0 saturated heterocycles. The summed E-state index contributed by atoms with van der Waals surface area (Å²) < 4.78 is 50.6. The summed E-state index contributed by atoms with van der Waals surface area (Å²) in [6, 6.07) is 30.5. The van der Waals surface area contributed by atoms with Gasteiger partial charge in [-0.25, -0.2) is 8.78 Å². The summed E-state index contributed by atoms with van der Waals surface area (Å²) in [7, 11) is 0. The summed E-state index contributed by atoms with van der Waals surface area (Å²) in [6.07, 6.45) is 15.9. The SMILES string of the molecule is CCC(CC)C(=O)/C=C(\O)C(CC)CC(C)(F)F.[2H]c1cc2cc(C3CCCCC3)ccc2c(-c2[c-]c(C)cc(C)c2)n1.[2H]c1nc(-c2[c-]c(C)cc(C)c2)c2ccc(C3CCCCC3)cc2c1[2H].[Ir]. The molecule has 2 aliphatic rings. The number of carbonyl (C=O) groups excluding carboxylic acids is 1. The molecule has 2 aliphatic carbocycles. The number of alkyl halides is 2. The van der Waals surface area contributed by atoms with Crippen LogP contribution in [0.3, 0.4) is 0 Å². The minimum Gasteiger partial charge on any atom is -0.512 e. The summed E-state index contributed by atoms with van der Waals surface area (Å²) in [5.41, 5.74) is 10.8. The molecule has 4 nitrogen and oxygen atoms in total. The molecule has 1 unspecified atom stereocenters. The van der Waals surface area contributed by atoms with Crippen LogP contribution in [0.25, 0.3) is 44.1 Å². The minimum absolute atomic E-state index is 0. The number of aliphatic hydroxyl groups is 1. The van der Waals surface area contributed by atoms with Crippen LogP contribution in [0.4, 0.5) is 8.78 Å². The molecule has 4 aromatic carbocycles. The number of allylic oxidation sites excluding steroid dienone is 2. The molecular formula is C60H72F2IrN2O2-2. The number of carbonyl (C=O) groups is 1. The van der Waals surface area contributed by atoms with Crippen molar-refractivity contribution in [1.82, 2.24) is 9.97 Å². The van der Waals surface area contributed by atoms with Crippen LogP contribution in [0, 0.1) is 51.7 Å². The fraction of sp³-hybridized carbons (Fsp3) is 0.450. The second-order valence-corrected chi connectivity index (χ2v) is 19.1. The first-order valence-electron chi connectivity index (χ1n) is 26.0. The first-order valence-corrected chi connectivity index (χ1v) is 24.5. The van der Waals surface area contributed by atoms with Gasteiger partial charge in [0.2, 0.25) is 5.92 Å². The van der Waals surface area contributed by atoms with Crippen molar-refractivity contribution >= 4 is 27.3 Å². The minimum atomic E-state index is -2.83. The third kappa shape index (κ3) is 15.0. The molecule has 1 N–H and O–H groups in total. The van der Waals surface area contributed by atoms with Crippen LogP contribution in [-0.2, 0) is 24.9 Å². The van der Waals surface area contributed by atoms with Crippen LogP contribution in [0.5, 0.6) is 0 Å². The van der Waals surface area contributed by atoms with E-state index in [0.717, 1.165) is 73.7 Å². The van der Waals surface area contributed by atoms with Crippen LogP contribution in [0.15, 0.2) is 97.0 Å². The quantitative estimate of drug-likeness (QED) is 0.0754. The van der Waals surface area contributed by atoms with E-state index in [0.29, 0.717) is 37.3 Å². The maximum atomic E-state index is 12.9. The molecule has 6 aromatic rings. The number of pyridine rings is 2. The van der Waals surface area contributed by atoms with Crippen LogP contribution in [-0.4, -0.2) is 26.8 Å². The Kier molecular flexibility index (Phi) is 18.3. The molecule has 8 rings (SSSR count). The van der Waals surface area contributed by atoms with E-state index in [9.17, 15) is 18.7 Å². The molecule has 2 heterocycles. The van der Waals surface area contributed by atoms with Crippen molar-refractivity contribution in [3.05, 3.63) is 142 Å². The smallest absolute Gasteiger partial charge is 0.246 e. The van der Waals surface area contributed by atoms with Crippen molar-refractivity contribution < 1.29 is 42.9 Å². The monoisotopic (exact) mass is 1090 g/mol. The predicted octanol–water partition coefficient (Wildman–Crippen LogP) is 17.2. The van der Waals surface area contributed by atoms with E-state index < -0.39 is 18.3 Å². The Balaban J connectivity index is 0.000000198. The summed E-state index contributed by atoms with van der Waals surface area (Å²) in [6.45, 7) is 14.6. The van der Waals surface area contributed by atoms with E-state index in [2.05, 4.69) is 104 Å². The Morgan fingerprint density at radius 3 is 1.63 bits per heavy atom. The summed E-state index contributed by atoms with van der Waals surface area (Å²) in [4.78, 5) is 20.8. The molecule has 1 radical (unpaired) electrons. The third-order valence-corrected chi connectivity index (χ3v) is 13.5. The summed E-state index contributed by atoms with van der Waals surface area (Å²) in [5.74, 6) is -2.73. The number of hydrogen-bond donors (Lipinski definition) is 1. The van der Waals surface area contributed by atoms with Gasteiger partial charge in [0, 0.05) is 56.8 Å². The fourth-order valence-electron chi connectivity index (χ4n) is 10.0. The molecule has 359 valence electrons. The zero-order valence-corrected chi connectivity index (χ0v) is 43.4. The van der Waals surface area contributed by atoms with Crippen molar-refractivity contribution in [2.75, 3.05) is 0 Å². The number of rotatable bonds is 12. The fourth-order valence-corrected chi connectivity index (χ4v) is 10.0. The molecule has 1 atom stereocenters. The van der Waals surface area contributed by atoms with Crippen LogP contribution in [0.2, 0.25) is 0 Å². The van der Waals surface area contributed by atoms with E-state index >= 15 is 0 Å². The molecule has 0 aliphatic heterocycles. The first kappa shape index (κ1) is 48.9. The normalized spacial score (nSPS) is 15.9. The van der Waals surface area contributed by atoms with E-state index in [1.807, 2.05) is 26.8 Å². The average molecular weight is 1090 g/mol. The molecule has 2 fully saturated rings. The largest absolute Gasteiger partial charge is 0.512 e. The zero-order valence-electron chi connectivity index (χ0n) is 44.0. The molecule has 7 heteroatoms. The van der Waals surface area contributed by atoms with E-state index in [4.69, 9.17) is 4.11 Å². The van der Waals surface area contributed by atoms with Gasteiger partial charge in [-0.3, -0.25) is 4.79 Å². The number of benzene rings is 4. The number of halogens is 2. The van der Waals surface area contributed by atoms with Gasteiger partial charge in [0.15, 0.2) is 5.78 Å². The number of fused-ring (bicyclic) bond motifs is 2. The number of aryl methyl sites for hydroxylation is 4. The van der Waals surface area contributed by atoms with Gasteiger partial charge in [0.25, 0.3) is 0 Å². The molecule has 0 amide bonds. The summed E-state index contributed by atoms with van der Waals surface area (Å²) >= 11 is 0. The Labute approximate surface area is 418 Å². The van der Waals surface area contributed by atoms with Gasteiger partial charge in [0.1, 0.15) is 0 Å². The number of aromatic nitrogens is 2. The molecule has 0 spiro atoms. The van der Waals surface area contributed by atoms with Crippen LogP contribution < -0.4 is 0 Å². The average Bonchev–Trinajstić information content (AvgIpc) is 3.31. The molecule has 67 heavy (non-hydrogen) atoms. The van der Waals surface area contributed by atoms with Crippen molar-refractivity contribution in [3.8, 4) is 22.5 Å².